The van der Waals surface area contributed by atoms with Gasteiger partial charge < -0.3 is 20.4 Å². The summed E-state index contributed by atoms with van der Waals surface area (Å²) in [5.41, 5.74) is 0.615. The van der Waals surface area contributed by atoms with E-state index in [0.29, 0.717) is 25.1 Å². The Morgan fingerprint density at radius 1 is 1.18 bits per heavy atom. The SMILES string of the molecule is CC(NC(CCC(=O)Nc1ccccc1)C(=O)O)C(=O)N1CCCC1C(=O)O. The molecular formula is C19H25N3O6. The van der Waals surface area contributed by atoms with E-state index < -0.39 is 36.0 Å². The number of hydrogen-bond acceptors (Lipinski definition) is 5. The zero-order chi connectivity index (χ0) is 20.7. The summed E-state index contributed by atoms with van der Waals surface area (Å²) >= 11 is 0. The molecule has 3 atom stereocenters. The van der Waals surface area contributed by atoms with E-state index in [4.69, 9.17) is 0 Å². The van der Waals surface area contributed by atoms with E-state index in [2.05, 4.69) is 10.6 Å². The zero-order valence-electron chi connectivity index (χ0n) is 15.6. The summed E-state index contributed by atoms with van der Waals surface area (Å²) in [5, 5.41) is 24.0. The third kappa shape index (κ3) is 5.78. The molecule has 1 fully saturated rings. The molecule has 0 aromatic heterocycles. The molecule has 1 aromatic rings. The number of carbonyl (C=O) groups is 4. The lowest BCUT2D eigenvalue weighted by atomic mass is 10.1. The largest absolute Gasteiger partial charge is 0.480 e. The minimum atomic E-state index is -1.18. The summed E-state index contributed by atoms with van der Waals surface area (Å²) < 4.78 is 0. The van der Waals surface area contributed by atoms with Gasteiger partial charge in [0.25, 0.3) is 0 Å². The Balaban J connectivity index is 1.89. The van der Waals surface area contributed by atoms with Gasteiger partial charge in [-0.3, -0.25) is 19.7 Å². The van der Waals surface area contributed by atoms with Gasteiger partial charge in [-0.05, 0) is 38.3 Å². The van der Waals surface area contributed by atoms with Gasteiger partial charge >= 0.3 is 11.9 Å². The zero-order valence-corrected chi connectivity index (χ0v) is 15.6. The molecule has 2 amide bonds. The molecule has 9 nitrogen and oxygen atoms in total. The number of amides is 2. The third-order valence-electron chi connectivity index (χ3n) is 4.66. The van der Waals surface area contributed by atoms with E-state index in [-0.39, 0.29) is 18.7 Å². The summed E-state index contributed by atoms with van der Waals surface area (Å²) in [6, 6.07) is 5.94. The Bertz CT molecular complexity index is 724. The van der Waals surface area contributed by atoms with Crippen LogP contribution in [-0.4, -0.2) is 63.5 Å². The molecule has 9 heteroatoms. The second-order valence-electron chi connectivity index (χ2n) is 6.76. The van der Waals surface area contributed by atoms with Crippen molar-refractivity contribution in [3.8, 4) is 0 Å². The minimum absolute atomic E-state index is 0.00597. The van der Waals surface area contributed by atoms with Gasteiger partial charge in [-0.2, -0.15) is 0 Å². The molecule has 0 spiro atoms. The van der Waals surface area contributed by atoms with Crippen LogP contribution in [0.1, 0.15) is 32.6 Å². The van der Waals surface area contributed by atoms with E-state index >= 15 is 0 Å². The van der Waals surface area contributed by atoms with Crippen molar-refractivity contribution in [1.82, 2.24) is 10.2 Å². The van der Waals surface area contributed by atoms with Crippen molar-refractivity contribution in [2.75, 3.05) is 11.9 Å². The van der Waals surface area contributed by atoms with E-state index in [0.717, 1.165) is 0 Å². The summed E-state index contributed by atoms with van der Waals surface area (Å²) in [6.07, 6.45) is 0.933. The van der Waals surface area contributed by atoms with Gasteiger partial charge in [-0.1, -0.05) is 18.2 Å². The maximum atomic E-state index is 12.5. The monoisotopic (exact) mass is 391 g/mol. The van der Waals surface area contributed by atoms with Crippen molar-refractivity contribution in [1.29, 1.82) is 0 Å². The summed E-state index contributed by atoms with van der Waals surface area (Å²) in [4.78, 5) is 48.6. The number of rotatable bonds is 9. The highest BCUT2D eigenvalue weighted by atomic mass is 16.4. The van der Waals surface area contributed by atoms with Gasteiger partial charge in [0.05, 0.1) is 6.04 Å². The molecule has 0 radical (unpaired) electrons. The number of hydrogen-bond donors (Lipinski definition) is 4. The van der Waals surface area contributed by atoms with Crippen molar-refractivity contribution in [3.05, 3.63) is 30.3 Å². The van der Waals surface area contributed by atoms with Crippen LogP contribution in [-0.2, 0) is 19.2 Å². The van der Waals surface area contributed by atoms with Crippen LogP contribution < -0.4 is 10.6 Å². The normalized spacial score (nSPS) is 18.3. The van der Waals surface area contributed by atoms with Gasteiger partial charge in [0.15, 0.2) is 0 Å². The Morgan fingerprint density at radius 2 is 1.86 bits per heavy atom. The fraction of sp³-hybridized carbons (Fsp3) is 0.474. The standard InChI is InChI=1S/C19H25N3O6/c1-12(17(24)22-11-5-8-15(22)19(27)28)20-14(18(25)26)9-10-16(23)21-13-6-3-2-4-7-13/h2-4,6-7,12,14-15,20H,5,8-11H2,1H3,(H,21,23)(H,25,26)(H,27,28). The van der Waals surface area contributed by atoms with Crippen molar-refractivity contribution in [3.63, 3.8) is 0 Å². The fourth-order valence-electron chi connectivity index (χ4n) is 3.21. The number of carbonyl (C=O) groups excluding carboxylic acids is 2. The van der Waals surface area contributed by atoms with Crippen molar-refractivity contribution in [2.24, 2.45) is 0 Å². The van der Waals surface area contributed by atoms with Crippen LogP contribution in [0.25, 0.3) is 0 Å². The summed E-state index contributed by atoms with van der Waals surface area (Å²) in [6.45, 7) is 1.83. The minimum Gasteiger partial charge on any atom is -0.480 e. The first-order chi connectivity index (χ1) is 13.3. The predicted octanol–water partition coefficient (Wildman–Crippen LogP) is 0.912. The van der Waals surface area contributed by atoms with Gasteiger partial charge in [-0.15, -0.1) is 0 Å². The molecule has 152 valence electrons. The third-order valence-corrected chi connectivity index (χ3v) is 4.66. The highest BCUT2D eigenvalue weighted by Gasteiger charge is 2.36. The van der Waals surface area contributed by atoms with Crippen molar-refractivity contribution in [2.45, 2.75) is 50.7 Å². The van der Waals surface area contributed by atoms with Gasteiger partial charge in [0.2, 0.25) is 11.8 Å². The summed E-state index contributed by atoms with van der Waals surface area (Å²) in [5.74, 6) is -3.03. The Kier molecular flexibility index (Phi) is 7.51. The fourth-order valence-corrected chi connectivity index (χ4v) is 3.21. The van der Waals surface area contributed by atoms with E-state index in [1.54, 1.807) is 24.3 Å². The highest BCUT2D eigenvalue weighted by molar-refractivity contribution is 5.91. The molecule has 3 unspecified atom stereocenters. The molecule has 1 aliphatic rings. The number of likely N-dealkylation sites (tertiary alicyclic amines) is 1. The number of carboxylic acids is 2. The van der Waals surface area contributed by atoms with E-state index in [1.807, 2.05) is 6.07 Å². The average molecular weight is 391 g/mol. The van der Waals surface area contributed by atoms with E-state index in [1.165, 1.54) is 11.8 Å². The number of para-hydroxylation sites is 1. The molecule has 0 saturated carbocycles. The number of carboxylic acid groups (broad SMARTS) is 2. The topological polar surface area (TPSA) is 136 Å². The van der Waals surface area contributed by atoms with Gasteiger partial charge in [0.1, 0.15) is 12.1 Å². The van der Waals surface area contributed by atoms with Crippen molar-refractivity contribution >= 4 is 29.4 Å². The van der Waals surface area contributed by atoms with E-state index in [9.17, 15) is 29.4 Å². The molecule has 28 heavy (non-hydrogen) atoms. The number of benzene rings is 1. The lowest BCUT2D eigenvalue weighted by molar-refractivity contribution is -0.149. The van der Waals surface area contributed by atoms with Crippen LogP contribution in [0.4, 0.5) is 5.69 Å². The van der Waals surface area contributed by atoms with Crippen LogP contribution in [0.5, 0.6) is 0 Å². The molecule has 1 aromatic carbocycles. The molecule has 1 saturated heterocycles. The first kappa shape index (κ1) is 21.4. The predicted molar refractivity (Wildman–Crippen MR) is 101 cm³/mol. The maximum absolute atomic E-state index is 12.5. The highest BCUT2D eigenvalue weighted by Crippen LogP contribution is 2.18. The number of anilines is 1. The molecule has 4 N–H and O–H groups in total. The first-order valence-corrected chi connectivity index (χ1v) is 9.16. The molecule has 0 aliphatic carbocycles. The van der Waals surface area contributed by atoms with Gasteiger partial charge in [0, 0.05) is 18.7 Å². The number of nitrogens with one attached hydrogen (secondary N) is 2. The smallest absolute Gasteiger partial charge is 0.326 e. The Labute approximate surface area is 162 Å². The number of aliphatic carboxylic acids is 2. The lowest BCUT2D eigenvalue weighted by Gasteiger charge is -2.27. The van der Waals surface area contributed by atoms with Crippen LogP contribution in [0.2, 0.25) is 0 Å². The van der Waals surface area contributed by atoms with Crippen LogP contribution >= 0.6 is 0 Å². The quantitative estimate of drug-likeness (QED) is 0.491. The Hall–Kier alpha value is -2.94. The van der Waals surface area contributed by atoms with Gasteiger partial charge in [-0.25, -0.2) is 4.79 Å². The van der Waals surface area contributed by atoms with Crippen molar-refractivity contribution < 1.29 is 29.4 Å². The molecular weight excluding hydrogens is 366 g/mol. The molecule has 2 rings (SSSR count). The van der Waals surface area contributed by atoms with Crippen LogP contribution in [0.3, 0.4) is 0 Å². The molecule has 1 heterocycles. The molecule has 1 aliphatic heterocycles. The second-order valence-corrected chi connectivity index (χ2v) is 6.76. The maximum Gasteiger partial charge on any atom is 0.326 e. The molecule has 0 bridgehead atoms. The average Bonchev–Trinajstić information content (AvgIpc) is 3.15. The second kappa shape index (κ2) is 9.84. The summed E-state index contributed by atoms with van der Waals surface area (Å²) in [7, 11) is 0. The first-order valence-electron chi connectivity index (χ1n) is 9.16. The number of nitrogens with zero attached hydrogens (tertiary/aromatic N) is 1. The van der Waals surface area contributed by atoms with Crippen LogP contribution in [0, 0.1) is 0 Å². The van der Waals surface area contributed by atoms with Crippen LogP contribution in [0.15, 0.2) is 30.3 Å². The lowest BCUT2D eigenvalue weighted by Crippen LogP contribution is -2.53. The Morgan fingerprint density at radius 3 is 2.46 bits per heavy atom.